The first-order chi connectivity index (χ1) is 6.74. The van der Waals surface area contributed by atoms with Crippen molar-refractivity contribution in [3.8, 4) is 12.3 Å². The molecule has 0 unspecified atom stereocenters. The fourth-order valence-electron chi connectivity index (χ4n) is 0.915. The molecule has 0 atom stereocenters. The SMILES string of the molecule is C#CCCNc1cccc(C(=O)O)n1. The average molecular weight is 190 g/mol. The van der Waals surface area contributed by atoms with Gasteiger partial charge in [0.1, 0.15) is 5.82 Å². The minimum atomic E-state index is -1.04. The summed E-state index contributed by atoms with van der Waals surface area (Å²) in [5, 5.41) is 11.6. The average Bonchev–Trinajstić information content (AvgIpc) is 2.19. The molecule has 0 bridgehead atoms. The largest absolute Gasteiger partial charge is 0.477 e. The first-order valence-corrected chi connectivity index (χ1v) is 4.11. The number of pyridine rings is 1. The molecular formula is C10H10N2O2. The molecule has 0 aromatic carbocycles. The maximum Gasteiger partial charge on any atom is 0.354 e. The molecule has 0 aliphatic carbocycles. The Balaban J connectivity index is 2.65. The second kappa shape index (κ2) is 4.87. The molecule has 0 fully saturated rings. The van der Waals surface area contributed by atoms with Crippen LogP contribution in [0.4, 0.5) is 5.82 Å². The molecule has 0 aliphatic rings. The Morgan fingerprint density at radius 1 is 1.64 bits per heavy atom. The topological polar surface area (TPSA) is 62.2 Å². The number of rotatable bonds is 4. The summed E-state index contributed by atoms with van der Waals surface area (Å²) < 4.78 is 0. The number of carboxylic acid groups (broad SMARTS) is 1. The van der Waals surface area contributed by atoms with E-state index in [1.165, 1.54) is 6.07 Å². The van der Waals surface area contributed by atoms with E-state index >= 15 is 0 Å². The number of aromatic nitrogens is 1. The number of nitrogens with one attached hydrogen (secondary N) is 1. The van der Waals surface area contributed by atoms with Crippen molar-refractivity contribution in [2.24, 2.45) is 0 Å². The van der Waals surface area contributed by atoms with Gasteiger partial charge in [0.15, 0.2) is 5.69 Å². The van der Waals surface area contributed by atoms with Gasteiger partial charge in [-0.25, -0.2) is 9.78 Å². The standard InChI is InChI=1S/C10H10N2O2/c1-2-3-7-11-9-6-4-5-8(12-9)10(13)14/h1,4-6H,3,7H2,(H,11,12)(H,13,14). The first-order valence-electron chi connectivity index (χ1n) is 4.11. The maximum atomic E-state index is 10.6. The lowest BCUT2D eigenvalue weighted by Gasteiger charge is -2.03. The second-order valence-corrected chi connectivity index (χ2v) is 2.59. The predicted octanol–water partition coefficient (Wildman–Crippen LogP) is 1.21. The molecule has 0 saturated heterocycles. The van der Waals surface area contributed by atoms with E-state index in [-0.39, 0.29) is 5.69 Å². The molecule has 0 amide bonds. The number of aromatic carboxylic acids is 1. The summed E-state index contributed by atoms with van der Waals surface area (Å²) in [5.41, 5.74) is 0.0238. The lowest BCUT2D eigenvalue weighted by molar-refractivity contribution is 0.0690. The Kier molecular flexibility index (Phi) is 3.50. The van der Waals surface area contributed by atoms with Gasteiger partial charge >= 0.3 is 5.97 Å². The molecule has 72 valence electrons. The molecule has 0 radical (unpaired) electrons. The van der Waals surface area contributed by atoms with Gasteiger partial charge in [-0.1, -0.05) is 6.07 Å². The van der Waals surface area contributed by atoms with Gasteiger partial charge in [-0.2, -0.15) is 0 Å². The summed E-state index contributed by atoms with van der Waals surface area (Å²) in [6.45, 7) is 0.590. The van der Waals surface area contributed by atoms with E-state index in [9.17, 15) is 4.79 Å². The number of anilines is 1. The van der Waals surface area contributed by atoms with E-state index in [2.05, 4.69) is 16.2 Å². The number of terminal acetylenes is 1. The molecule has 1 aromatic heterocycles. The van der Waals surface area contributed by atoms with Crippen LogP contribution in [0.2, 0.25) is 0 Å². The van der Waals surface area contributed by atoms with Gasteiger partial charge in [0.05, 0.1) is 0 Å². The molecule has 1 aromatic rings. The van der Waals surface area contributed by atoms with Crippen LogP contribution in [0.15, 0.2) is 18.2 Å². The number of carboxylic acids is 1. The van der Waals surface area contributed by atoms with Gasteiger partial charge < -0.3 is 10.4 Å². The molecule has 1 rings (SSSR count). The summed E-state index contributed by atoms with van der Waals surface area (Å²) >= 11 is 0. The highest BCUT2D eigenvalue weighted by Crippen LogP contribution is 2.04. The number of nitrogens with zero attached hydrogens (tertiary/aromatic N) is 1. The number of hydrogen-bond acceptors (Lipinski definition) is 3. The van der Waals surface area contributed by atoms with E-state index in [4.69, 9.17) is 11.5 Å². The zero-order chi connectivity index (χ0) is 10.4. The van der Waals surface area contributed by atoms with Crippen LogP contribution >= 0.6 is 0 Å². The maximum absolute atomic E-state index is 10.6. The Bertz CT molecular complexity index is 369. The van der Waals surface area contributed by atoms with Crippen LogP contribution in [0, 0.1) is 12.3 Å². The Hall–Kier alpha value is -2.02. The Labute approximate surface area is 82.0 Å². The molecule has 0 spiro atoms. The molecule has 2 N–H and O–H groups in total. The van der Waals surface area contributed by atoms with Crippen molar-refractivity contribution in [3.63, 3.8) is 0 Å². The van der Waals surface area contributed by atoms with Gasteiger partial charge in [0, 0.05) is 13.0 Å². The van der Waals surface area contributed by atoms with Crippen LogP contribution in [0.1, 0.15) is 16.9 Å². The Morgan fingerprint density at radius 2 is 2.43 bits per heavy atom. The van der Waals surface area contributed by atoms with Crippen molar-refractivity contribution < 1.29 is 9.90 Å². The minimum Gasteiger partial charge on any atom is -0.477 e. The van der Waals surface area contributed by atoms with Crippen molar-refractivity contribution in [3.05, 3.63) is 23.9 Å². The number of carbonyl (C=O) groups is 1. The summed E-state index contributed by atoms with van der Waals surface area (Å²) in [5.74, 6) is 1.96. The van der Waals surface area contributed by atoms with Crippen LogP contribution < -0.4 is 5.32 Å². The molecule has 4 heteroatoms. The van der Waals surface area contributed by atoms with Crippen molar-refractivity contribution in [2.75, 3.05) is 11.9 Å². The van der Waals surface area contributed by atoms with Gasteiger partial charge in [-0.05, 0) is 12.1 Å². The summed E-state index contributed by atoms with van der Waals surface area (Å²) in [6, 6.07) is 4.77. The van der Waals surface area contributed by atoms with Crippen LogP contribution in [-0.2, 0) is 0 Å². The lowest BCUT2D eigenvalue weighted by Crippen LogP contribution is -2.06. The van der Waals surface area contributed by atoms with E-state index in [1.807, 2.05) is 0 Å². The van der Waals surface area contributed by atoms with E-state index < -0.39 is 5.97 Å². The normalized spacial score (nSPS) is 9.07. The van der Waals surface area contributed by atoms with Gasteiger partial charge in [-0.3, -0.25) is 0 Å². The van der Waals surface area contributed by atoms with Gasteiger partial charge in [0.25, 0.3) is 0 Å². The van der Waals surface area contributed by atoms with E-state index in [0.29, 0.717) is 18.8 Å². The third-order valence-electron chi connectivity index (χ3n) is 1.54. The van der Waals surface area contributed by atoms with Crippen molar-refractivity contribution in [1.29, 1.82) is 0 Å². The molecule has 4 nitrogen and oxygen atoms in total. The molecule has 0 aliphatic heterocycles. The third-order valence-corrected chi connectivity index (χ3v) is 1.54. The third kappa shape index (κ3) is 2.79. The van der Waals surface area contributed by atoms with Crippen LogP contribution in [0.5, 0.6) is 0 Å². The number of hydrogen-bond donors (Lipinski definition) is 2. The lowest BCUT2D eigenvalue weighted by atomic mass is 10.3. The van der Waals surface area contributed by atoms with Crippen LogP contribution in [0.3, 0.4) is 0 Å². The quantitative estimate of drug-likeness (QED) is 0.553. The van der Waals surface area contributed by atoms with E-state index in [1.54, 1.807) is 12.1 Å². The molecule has 0 saturated carbocycles. The fourth-order valence-corrected chi connectivity index (χ4v) is 0.915. The highest BCUT2D eigenvalue weighted by atomic mass is 16.4. The highest BCUT2D eigenvalue weighted by molar-refractivity contribution is 5.85. The summed E-state index contributed by atoms with van der Waals surface area (Å²) in [4.78, 5) is 14.4. The fraction of sp³-hybridized carbons (Fsp3) is 0.200. The minimum absolute atomic E-state index is 0.0238. The zero-order valence-electron chi connectivity index (χ0n) is 7.53. The van der Waals surface area contributed by atoms with Gasteiger partial charge in [0.2, 0.25) is 0 Å². The van der Waals surface area contributed by atoms with Crippen LogP contribution in [0.25, 0.3) is 0 Å². The molecule has 1 heterocycles. The van der Waals surface area contributed by atoms with E-state index in [0.717, 1.165) is 0 Å². The highest BCUT2D eigenvalue weighted by Gasteiger charge is 2.03. The smallest absolute Gasteiger partial charge is 0.354 e. The second-order valence-electron chi connectivity index (χ2n) is 2.59. The zero-order valence-corrected chi connectivity index (χ0v) is 7.53. The van der Waals surface area contributed by atoms with Gasteiger partial charge in [-0.15, -0.1) is 12.3 Å². The molecular weight excluding hydrogens is 180 g/mol. The van der Waals surface area contributed by atoms with Crippen LogP contribution in [-0.4, -0.2) is 22.6 Å². The van der Waals surface area contributed by atoms with Crippen molar-refractivity contribution in [1.82, 2.24) is 4.98 Å². The molecule has 14 heavy (non-hydrogen) atoms. The first kappa shape index (κ1) is 10.1. The summed E-state index contributed by atoms with van der Waals surface area (Å²) in [6.07, 6.45) is 5.65. The monoisotopic (exact) mass is 190 g/mol. The predicted molar refractivity (Wildman–Crippen MR) is 53.1 cm³/mol. The Morgan fingerprint density at radius 3 is 3.07 bits per heavy atom. The summed E-state index contributed by atoms with van der Waals surface area (Å²) in [7, 11) is 0. The van der Waals surface area contributed by atoms with Crippen molar-refractivity contribution >= 4 is 11.8 Å². The van der Waals surface area contributed by atoms with Crippen molar-refractivity contribution in [2.45, 2.75) is 6.42 Å².